The van der Waals surface area contributed by atoms with E-state index in [-0.39, 0.29) is 17.6 Å². The summed E-state index contributed by atoms with van der Waals surface area (Å²) in [5, 5.41) is 9.20. The molecule has 0 saturated heterocycles. The third kappa shape index (κ3) is 6.58. The molecule has 0 radical (unpaired) electrons. The summed E-state index contributed by atoms with van der Waals surface area (Å²) in [6.45, 7) is 2.66. The number of rotatable bonds is 8. The van der Waals surface area contributed by atoms with Gasteiger partial charge in [0.25, 0.3) is 0 Å². The van der Waals surface area contributed by atoms with Gasteiger partial charge in [-0.3, -0.25) is 9.80 Å². The molecule has 1 aliphatic heterocycles. The molecule has 1 unspecified atom stereocenters. The third-order valence-electron chi connectivity index (χ3n) is 5.42. The average molecular weight is 518 g/mol. The Kier molecular flexibility index (Phi) is 8.24. The van der Waals surface area contributed by atoms with E-state index in [1.54, 1.807) is 16.8 Å². The van der Waals surface area contributed by atoms with Crippen molar-refractivity contribution in [3.05, 3.63) is 63.6 Å². The van der Waals surface area contributed by atoms with Gasteiger partial charge in [-0.15, -0.1) is 0 Å². The van der Waals surface area contributed by atoms with Crippen LogP contribution in [-0.2, 0) is 11.0 Å². The third-order valence-corrected chi connectivity index (χ3v) is 6.69. The van der Waals surface area contributed by atoms with Crippen molar-refractivity contribution in [1.82, 2.24) is 5.01 Å². The van der Waals surface area contributed by atoms with Crippen LogP contribution in [0.2, 0.25) is 10.0 Å². The van der Waals surface area contributed by atoms with Gasteiger partial charge in [-0.25, -0.2) is 0 Å². The predicted molar refractivity (Wildman–Crippen MR) is 130 cm³/mol. The highest BCUT2D eigenvalue weighted by molar-refractivity contribution is 7.98. The van der Waals surface area contributed by atoms with E-state index in [2.05, 4.69) is 18.5 Å². The van der Waals surface area contributed by atoms with Crippen molar-refractivity contribution >= 4 is 52.3 Å². The van der Waals surface area contributed by atoms with Crippen LogP contribution in [0.25, 0.3) is 0 Å². The van der Waals surface area contributed by atoms with Crippen LogP contribution < -0.4 is 5.32 Å². The lowest BCUT2D eigenvalue weighted by Gasteiger charge is -2.26. The SMILES string of the molecule is CSCCCC1(C)CN(CC(=O)Nc2ccc(C(F)(F)F)c(Cl)c2)N=C1c1ccc(Cl)cc1. The number of amides is 1. The van der Waals surface area contributed by atoms with Gasteiger partial charge in [0.15, 0.2) is 0 Å². The zero-order valence-corrected chi connectivity index (χ0v) is 20.5. The lowest BCUT2D eigenvalue weighted by Crippen LogP contribution is -2.34. The van der Waals surface area contributed by atoms with Gasteiger partial charge >= 0.3 is 6.18 Å². The van der Waals surface area contributed by atoms with Crippen molar-refractivity contribution in [2.75, 3.05) is 30.4 Å². The maximum absolute atomic E-state index is 12.9. The Morgan fingerprint density at radius 2 is 1.91 bits per heavy atom. The predicted octanol–water partition coefficient (Wildman–Crippen LogP) is 6.82. The van der Waals surface area contributed by atoms with Gasteiger partial charge < -0.3 is 5.32 Å². The number of anilines is 1. The van der Waals surface area contributed by atoms with Gasteiger partial charge in [-0.05, 0) is 60.7 Å². The van der Waals surface area contributed by atoms with E-state index in [1.165, 1.54) is 6.07 Å². The minimum absolute atomic E-state index is 0.0339. The number of carbonyl (C=O) groups is 1. The Labute approximate surface area is 205 Å². The first kappa shape index (κ1) is 25.7. The molecule has 0 saturated carbocycles. The number of carbonyl (C=O) groups excluding carboxylic acids is 1. The summed E-state index contributed by atoms with van der Waals surface area (Å²) in [7, 11) is 0. The van der Waals surface area contributed by atoms with Crippen LogP contribution >= 0.6 is 35.0 Å². The monoisotopic (exact) mass is 517 g/mol. The number of hydrogen-bond donors (Lipinski definition) is 1. The maximum atomic E-state index is 12.9. The topological polar surface area (TPSA) is 44.7 Å². The molecule has 0 aromatic heterocycles. The first-order valence-electron chi connectivity index (χ1n) is 10.3. The van der Waals surface area contributed by atoms with E-state index in [9.17, 15) is 18.0 Å². The molecule has 0 spiro atoms. The number of benzene rings is 2. The second kappa shape index (κ2) is 10.6. The molecule has 3 rings (SSSR count). The van der Waals surface area contributed by atoms with Crippen molar-refractivity contribution in [3.8, 4) is 0 Å². The van der Waals surface area contributed by atoms with Gasteiger partial charge in [-0.2, -0.15) is 30.0 Å². The second-order valence-corrected chi connectivity index (χ2v) is 10.0. The lowest BCUT2D eigenvalue weighted by atomic mass is 9.78. The van der Waals surface area contributed by atoms with E-state index >= 15 is 0 Å². The molecule has 178 valence electrons. The summed E-state index contributed by atoms with van der Waals surface area (Å²) in [5.41, 5.74) is 0.845. The summed E-state index contributed by atoms with van der Waals surface area (Å²) in [6.07, 6.45) is -0.575. The molecule has 2 aromatic rings. The van der Waals surface area contributed by atoms with Crippen molar-refractivity contribution in [2.24, 2.45) is 10.5 Å². The molecular weight excluding hydrogens is 494 g/mol. The number of hydrazone groups is 1. The zero-order valence-electron chi connectivity index (χ0n) is 18.2. The van der Waals surface area contributed by atoms with Gasteiger partial charge in [0.2, 0.25) is 5.91 Å². The Bertz CT molecular complexity index is 1030. The summed E-state index contributed by atoms with van der Waals surface area (Å²) < 4.78 is 38.7. The number of nitrogens with one attached hydrogen (secondary N) is 1. The molecule has 2 aromatic carbocycles. The molecule has 10 heteroatoms. The largest absolute Gasteiger partial charge is 0.417 e. The number of alkyl halides is 3. The summed E-state index contributed by atoms with van der Waals surface area (Å²) >= 11 is 13.6. The van der Waals surface area contributed by atoms with Crippen molar-refractivity contribution in [2.45, 2.75) is 25.9 Å². The van der Waals surface area contributed by atoms with Crippen LogP contribution in [0.4, 0.5) is 18.9 Å². The van der Waals surface area contributed by atoms with Crippen LogP contribution in [0.1, 0.15) is 30.9 Å². The molecule has 0 fully saturated rings. The van der Waals surface area contributed by atoms with Crippen LogP contribution in [0.15, 0.2) is 47.6 Å². The zero-order chi connectivity index (χ0) is 24.2. The van der Waals surface area contributed by atoms with Crippen LogP contribution in [0.3, 0.4) is 0 Å². The Morgan fingerprint density at radius 1 is 1.21 bits per heavy atom. The van der Waals surface area contributed by atoms with Crippen LogP contribution in [0.5, 0.6) is 0 Å². The normalized spacial score (nSPS) is 18.4. The fourth-order valence-electron chi connectivity index (χ4n) is 3.87. The van der Waals surface area contributed by atoms with Gasteiger partial charge in [0.1, 0.15) is 6.54 Å². The van der Waals surface area contributed by atoms with Crippen molar-refractivity contribution < 1.29 is 18.0 Å². The quantitative estimate of drug-likeness (QED) is 0.390. The van der Waals surface area contributed by atoms with Crippen LogP contribution in [0, 0.1) is 5.41 Å². The molecular formula is C23H24Cl2F3N3OS. The minimum Gasteiger partial charge on any atom is -0.324 e. The molecule has 1 N–H and O–H groups in total. The first-order valence-corrected chi connectivity index (χ1v) is 12.4. The molecule has 1 heterocycles. The molecule has 0 aliphatic carbocycles. The molecule has 33 heavy (non-hydrogen) atoms. The molecule has 0 bridgehead atoms. The molecule has 1 amide bonds. The van der Waals surface area contributed by atoms with Gasteiger partial charge in [-0.1, -0.05) is 42.3 Å². The number of thioether (sulfide) groups is 1. The van der Waals surface area contributed by atoms with Crippen LogP contribution in [-0.4, -0.2) is 41.7 Å². The van der Waals surface area contributed by atoms with Gasteiger partial charge in [0, 0.05) is 22.7 Å². The Balaban J connectivity index is 1.74. The highest BCUT2D eigenvalue weighted by Gasteiger charge is 2.39. The van der Waals surface area contributed by atoms with E-state index < -0.39 is 22.7 Å². The van der Waals surface area contributed by atoms with Gasteiger partial charge in [0.05, 0.1) is 16.3 Å². The lowest BCUT2D eigenvalue weighted by molar-refractivity contribution is -0.137. The maximum Gasteiger partial charge on any atom is 0.417 e. The van der Waals surface area contributed by atoms with E-state index in [0.717, 1.165) is 42.0 Å². The number of hydrogen-bond acceptors (Lipinski definition) is 4. The number of halogens is 5. The standard InChI is InChI=1S/C23H24Cl2F3N3OS/c1-22(10-3-11-33-2)14-31(30-21(22)15-4-6-16(24)7-5-15)13-20(32)29-17-8-9-18(19(25)12-17)23(26,27)28/h4-9,12H,3,10-11,13-14H2,1-2H3,(H,29,32). The minimum atomic E-state index is -4.55. The molecule has 4 nitrogen and oxygen atoms in total. The molecule has 1 aliphatic rings. The summed E-state index contributed by atoms with van der Waals surface area (Å²) in [6, 6.07) is 10.6. The molecule has 1 atom stereocenters. The highest BCUT2D eigenvalue weighted by Crippen LogP contribution is 2.37. The van der Waals surface area contributed by atoms with Crippen molar-refractivity contribution in [3.63, 3.8) is 0 Å². The Hall–Kier alpha value is -1.90. The fraction of sp³-hybridized carbons (Fsp3) is 0.391. The Morgan fingerprint density at radius 3 is 2.52 bits per heavy atom. The summed E-state index contributed by atoms with van der Waals surface area (Å²) in [4.78, 5) is 12.6. The number of nitrogens with zero attached hydrogens (tertiary/aromatic N) is 2. The second-order valence-electron chi connectivity index (χ2n) is 8.18. The fourth-order valence-corrected chi connectivity index (χ4v) is 4.72. The van der Waals surface area contributed by atoms with E-state index in [4.69, 9.17) is 28.3 Å². The van der Waals surface area contributed by atoms with Crippen molar-refractivity contribution in [1.29, 1.82) is 0 Å². The summed E-state index contributed by atoms with van der Waals surface area (Å²) in [5.74, 6) is 0.636. The average Bonchev–Trinajstić information content (AvgIpc) is 3.03. The van der Waals surface area contributed by atoms with E-state index in [0.29, 0.717) is 11.6 Å². The highest BCUT2D eigenvalue weighted by atomic mass is 35.5. The smallest absolute Gasteiger partial charge is 0.324 e. The van der Waals surface area contributed by atoms with E-state index in [1.807, 2.05) is 24.3 Å². The first-order chi connectivity index (χ1) is 15.5.